The van der Waals surface area contributed by atoms with E-state index in [9.17, 15) is 5.11 Å². The maximum atomic E-state index is 9.75. The Hall–Kier alpha value is -0.240. The summed E-state index contributed by atoms with van der Waals surface area (Å²) in [7, 11) is 1.56. The summed E-state index contributed by atoms with van der Waals surface area (Å²) in [6.07, 6.45) is 2.34. The Bertz CT molecular complexity index is 316. The largest absolute Gasteiger partial charge is 0.394 e. The highest BCUT2D eigenvalue weighted by Crippen LogP contribution is 2.45. The van der Waals surface area contributed by atoms with E-state index in [1.165, 1.54) is 6.42 Å². The van der Waals surface area contributed by atoms with E-state index in [1.54, 1.807) is 7.11 Å². The van der Waals surface area contributed by atoms with Crippen molar-refractivity contribution < 1.29 is 29.2 Å². The SMILES string of the molecule is CO[C@@H]1[C@H]2OC3(CCCCC3)O[C@H]2O[C@@H]1[C@@H](O)CO. The van der Waals surface area contributed by atoms with Gasteiger partial charge in [-0.25, -0.2) is 0 Å². The highest BCUT2D eigenvalue weighted by Gasteiger charge is 2.59. The first-order valence-electron chi connectivity index (χ1n) is 7.02. The highest BCUT2D eigenvalue weighted by atomic mass is 16.8. The number of rotatable bonds is 3. The minimum Gasteiger partial charge on any atom is -0.394 e. The van der Waals surface area contributed by atoms with Crippen LogP contribution in [0.2, 0.25) is 0 Å². The van der Waals surface area contributed by atoms with Crippen molar-refractivity contribution in [1.29, 1.82) is 0 Å². The lowest BCUT2D eigenvalue weighted by molar-refractivity contribution is -0.255. The number of ether oxygens (including phenoxy) is 4. The summed E-state index contributed by atoms with van der Waals surface area (Å²) in [5.74, 6) is -0.528. The Kier molecular flexibility index (Phi) is 3.81. The van der Waals surface area contributed by atoms with Crippen LogP contribution in [0.25, 0.3) is 0 Å². The van der Waals surface area contributed by atoms with Gasteiger partial charge in [0.1, 0.15) is 24.4 Å². The fourth-order valence-electron chi connectivity index (χ4n) is 3.36. The second-order valence-corrected chi connectivity index (χ2v) is 5.59. The predicted octanol–water partition coefficient (Wildman–Crippen LogP) is 0.155. The lowest BCUT2D eigenvalue weighted by atomic mass is 9.94. The first kappa shape index (κ1) is 13.7. The van der Waals surface area contributed by atoms with E-state index >= 15 is 0 Å². The van der Waals surface area contributed by atoms with E-state index in [0.29, 0.717) is 0 Å². The molecule has 0 unspecified atom stereocenters. The van der Waals surface area contributed by atoms with Crippen LogP contribution < -0.4 is 0 Å². The standard InChI is InChI=1S/C13H22O6/c1-16-10-9(8(15)7-14)17-12-11(10)18-13(19-12)5-3-2-4-6-13/h8-12,14-15H,2-7H2,1H3/t8-,9+,10-,11+,12+/m0/s1. The summed E-state index contributed by atoms with van der Waals surface area (Å²) in [6.45, 7) is -0.366. The molecule has 0 aromatic rings. The van der Waals surface area contributed by atoms with Crippen LogP contribution in [0, 0.1) is 0 Å². The second kappa shape index (κ2) is 5.27. The van der Waals surface area contributed by atoms with Crippen molar-refractivity contribution >= 4 is 0 Å². The van der Waals surface area contributed by atoms with Crippen molar-refractivity contribution in [3.63, 3.8) is 0 Å². The highest BCUT2D eigenvalue weighted by molar-refractivity contribution is 4.98. The number of hydrogen-bond donors (Lipinski definition) is 2. The molecule has 110 valence electrons. The molecule has 1 saturated carbocycles. The maximum absolute atomic E-state index is 9.75. The van der Waals surface area contributed by atoms with Crippen molar-refractivity contribution in [1.82, 2.24) is 0 Å². The first-order chi connectivity index (χ1) is 9.19. The summed E-state index contributed by atoms with van der Waals surface area (Å²) >= 11 is 0. The Morgan fingerprint density at radius 1 is 1.26 bits per heavy atom. The Balaban J connectivity index is 1.71. The Morgan fingerprint density at radius 2 is 2.00 bits per heavy atom. The zero-order valence-corrected chi connectivity index (χ0v) is 11.2. The molecule has 0 bridgehead atoms. The van der Waals surface area contributed by atoms with Gasteiger partial charge in [-0.05, 0) is 12.8 Å². The molecule has 0 amide bonds. The lowest BCUT2D eigenvalue weighted by Crippen LogP contribution is -2.44. The van der Waals surface area contributed by atoms with E-state index in [4.69, 9.17) is 24.1 Å². The van der Waals surface area contributed by atoms with Crippen molar-refractivity contribution in [2.75, 3.05) is 13.7 Å². The molecule has 1 aliphatic carbocycles. The third-order valence-electron chi connectivity index (χ3n) is 4.34. The summed E-state index contributed by atoms with van der Waals surface area (Å²) < 4.78 is 23.1. The molecule has 3 rings (SSSR count). The van der Waals surface area contributed by atoms with E-state index in [-0.39, 0.29) is 12.7 Å². The van der Waals surface area contributed by atoms with Gasteiger partial charge in [0.15, 0.2) is 12.1 Å². The molecule has 3 aliphatic rings. The van der Waals surface area contributed by atoms with Crippen LogP contribution in [0.15, 0.2) is 0 Å². The molecule has 6 nitrogen and oxygen atoms in total. The van der Waals surface area contributed by atoms with Gasteiger partial charge in [0.05, 0.1) is 6.61 Å². The molecule has 5 atom stereocenters. The third kappa shape index (κ3) is 2.30. The fraction of sp³-hybridized carbons (Fsp3) is 1.00. The Labute approximate surface area is 112 Å². The quantitative estimate of drug-likeness (QED) is 0.763. The average molecular weight is 274 g/mol. The van der Waals surface area contributed by atoms with Crippen LogP contribution in [-0.2, 0) is 18.9 Å². The van der Waals surface area contributed by atoms with Gasteiger partial charge in [0, 0.05) is 20.0 Å². The summed E-state index contributed by atoms with van der Waals surface area (Å²) in [5.41, 5.74) is 0. The van der Waals surface area contributed by atoms with Crippen molar-refractivity contribution in [3.05, 3.63) is 0 Å². The number of methoxy groups -OCH3 is 1. The van der Waals surface area contributed by atoms with Crippen LogP contribution in [0.5, 0.6) is 0 Å². The minimum absolute atomic E-state index is 0.325. The molecule has 1 spiro atoms. The number of fused-ring (bicyclic) bond motifs is 1. The van der Waals surface area contributed by atoms with Crippen LogP contribution in [-0.4, -0.2) is 60.4 Å². The molecule has 2 saturated heterocycles. The summed E-state index contributed by atoms with van der Waals surface area (Å²) in [4.78, 5) is 0. The summed E-state index contributed by atoms with van der Waals surface area (Å²) in [6, 6.07) is 0. The zero-order chi connectivity index (χ0) is 13.5. The van der Waals surface area contributed by atoms with Crippen LogP contribution in [0.3, 0.4) is 0 Å². The smallest absolute Gasteiger partial charge is 0.190 e. The number of hydrogen-bond acceptors (Lipinski definition) is 6. The molecule has 2 heterocycles. The Morgan fingerprint density at radius 3 is 2.63 bits per heavy atom. The normalized spacial score (nSPS) is 42.5. The molecule has 0 aromatic carbocycles. The minimum atomic E-state index is -0.981. The fourth-order valence-corrected chi connectivity index (χ4v) is 3.36. The van der Waals surface area contributed by atoms with Gasteiger partial charge < -0.3 is 29.2 Å². The van der Waals surface area contributed by atoms with Crippen molar-refractivity contribution in [3.8, 4) is 0 Å². The van der Waals surface area contributed by atoms with E-state index in [0.717, 1.165) is 25.7 Å². The maximum Gasteiger partial charge on any atom is 0.190 e. The van der Waals surface area contributed by atoms with Crippen LogP contribution in [0.4, 0.5) is 0 Å². The first-order valence-corrected chi connectivity index (χ1v) is 7.02. The molecular weight excluding hydrogens is 252 g/mol. The van der Waals surface area contributed by atoms with Gasteiger partial charge in [-0.1, -0.05) is 6.42 Å². The van der Waals surface area contributed by atoms with Gasteiger partial charge in [0.2, 0.25) is 0 Å². The predicted molar refractivity (Wildman–Crippen MR) is 64.3 cm³/mol. The van der Waals surface area contributed by atoms with Gasteiger partial charge in [0.25, 0.3) is 0 Å². The molecule has 0 radical (unpaired) electrons. The van der Waals surface area contributed by atoms with Gasteiger partial charge in [-0.3, -0.25) is 0 Å². The van der Waals surface area contributed by atoms with Crippen molar-refractivity contribution in [2.24, 2.45) is 0 Å². The lowest BCUT2D eigenvalue weighted by Gasteiger charge is -2.34. The van der Waals surface area contributed by atoms with Crippen molar-refractivity contribution in [2.45, 2.75) is 68.6 Å². The van der Waals surface area contributed by atoms with Gasteiger partial charge in [-0.15, -0.1) is 0 Å². The van der Waals surface area contributed by atoms with Crippen LogP contribution in [0.1, 0.15) is 32.1 Å². The van der Waals surface area contributed by atoms with E-state index in [1.807, 2.05) is 0 Å². The molecule has 0 aromatic heterocycles. The topological polar surface area (TPSA) is 77.4 Å². The summed E-state index contributed by atoms with van der Waals surface area (Å²) in [5, 5.41) is 18.8. The van der Waals surface area contributed by atoms with Gasteiger partial charge >= 0.3 is 0 Å². The van der Waals surface area contributed by atoms with E-state index < -0.39 is 30.4 Å². The zero-order valence-electron chi connectivity index (χ0n) is 11.2. The molecule has 3 fully saturated rings. The second-order valence-electron chi connectivity index (χ2n) is 5.59. The molecule has 2 aliphatic heterocycles. The monoisotopic (exact) mass is 274 g/mol. The van der Waals surface area contributed by atoms with Crippen LogP contribution >= 0.6 is 0 Å². The molecular formula is C13H22O6. The number of aliphatic hydroxyl groups excluding tert-OH is 2. The third-order valence-corrected chi connectivity index (χ3v) is 4.34. The molecule has 6 heteroatoms. The average Bonchev–Trinajstić information content (AvgIpc) is 2.92. The molecule has 2 N–H and O–H groups in total. The van der Waals surface area contributed by atoms with E-state index in [2.05, 4.69) is 0 Å². The van der Waals surface area contributed by atoms with Gasteiger partial charge in [-0.2, -0.15) is 0 Å². The molecule has 19 heavy (non-hydrogen) atoms. The number of aliphatic hydroxyl groups is 2.